The number of halogens is 1. The van der Waals surface area contributed by atoms with E-state index in [1.165, 1.54) is 29.6 Å². The van der Waals surface area contributed by atoms with Crippen LogP contribution in [0.25, 0.3) is 0 Å². The first-order valence-electron chi connectivity index (χ1n) is 9.34. The molecule has 3 rings (SSSR count). The highest BCUT2D eigenvalue weighted by molar-refractivity contribution is 7.89. The van der Waals surface area contributed by atoms with Crippen LogP contribution in [0.1, 0.15) is 32.1 Å². The minimum absolute atomic E-state index is 0.0781. The predicted molar refractivity (Wildman–Crippen MR) is 101 cm³/mol. The van der Waals surface area contributed by atoms with Crippen molar-refractivity contribution in [2.24, 2.45) is 0 Å². The Balaban J connectivity index is 1.51. The van der Waals surface area contributed by atoms with Crippen molar-refractivity contribution in [3.05, 3.63) is 29.3 Å². The Morgan fingerprint density at radius 1 is 1.15 bits per heavy atom. The van der Waals surface area contributed by atoms with Crippen LogP contribution >= 0.6 is 11.6 Å². The number of hydrogen-bond acceptors (Lipinski definition) is 3. The molecular weight excluding hydrogens is 374 g/mol. The molecule has 1 heterocycles. The first-order chi connectivity index (χ1) is 12.5. The maximum Gasteiger partial charge on any atom is 0.275 e. The van der Waals surface area contributed by atoms with Gasteiger partial charge in [-0.3, -0.25) is 4.79 Å². The van der Waals surface area contributed by atoms with Crippen LogP contribution in [0.15, 0.2) is 29.2 Å². The standard InChI is InChI=1S/C18H26ClN3O3S/c19-16-8-4-5-9-17(16)26(24,25)22-12-10-21(11-13-22)14-18(23)20-15-6-2-1-3-7-15/h4-5,8-9,15H,1-3,6-7,10-14H2,(H,20,23)/p+1. The number of piperazine rings is 1. The Morgan fingerprint density at radius 2 is 1.81 bits per heavy atom. The fourth-order valence-electron chi connectivity index (χ4n) is 3.77. The minimum atomic E-state index is -3.58. The molecule has 6 nitrogen and oxygen atoms in total. The molecule has 0 radical (unpaired) electrons. The molecule has 1 saturated heterocycles. The third-order valence-corrected chi connectivity index (χ3v) is 7.66. The van der Waals surface area contributed by atoms with Gasteiger partial charge in [0, 0.05) is 6.04 Å². The molecule has 1 aromatic rings. The second-order valence-electron chi connectivity index (χ2n) is 7.16. The van der Waals surface area contributed by atoms with Gasteiger partial charge in [0.1, 0.15) is 4.90 Å². The van der Waals surface area contributed by atoms with Crippen molar-refractivity contribution in [2.45, 2.75) is 43.0 Å². The van der Waals surface area contributed by atoms with E-state index in [2.05, 4.69) is 5.32 Å². The molecule has 0 unspecified atom stereocenters. The quantitative estimate of drug-likeness (QED) is 0.763. The summed E-state index contributed by atoms with van der Waals surface area (Å²) in [5, 5.41) is 3.38. The highest BCUT2D eigenvalue weighted by atomic mass is 35.5. The summed E-state index contributed by atoms with van der Waals surface area (Å²) in [6, 6.07) is 6.84. The second kappa shape index (κ2) is 8.69. The molecule has 2 N–H and O–H groups in total. The topological polar surface area (TPSA) is 70.9 Å². The van der Waals surface area contributed by atoms with Crippen LogP contribution in [0.4, 0.5) is 0 Å². The molecule has 0 spiro atoms. The van der Waals surface area contributed by atoms with Crippen molar-refractivity contribution in [2.75, 3.05) is 32.7 Å². The van der Waals surface area contributed by atoms with Gasteiger partial charge in [-0.05, 0) is 25.0 Å². The van der Waals surface area contributed by atoms with Crippen LogP contribution < -0.4 is 10.2 Å². The Labute approximate surface area is 160 Å². The van der Waals surface area contributed by atoms with E-state index < -0.39 is 10.0 Å². The maximum absolute atomic E-state index is 12.8. The van der Waals surface area contributed by atoms with Crippen LogP contribution in [0.3, 0.4) is 0 Å². The summed E-state index contributed by atoms with van der Waals surface area (Å²) in [5.74, 6) is 0.0781. The van der Waals surface area contributed by atoms with E-state index >= 15 is 0 Å². The second-order valence-corrected chi connectivity index (χ2v) is 9.48. The number of quaternary nitrogens is 1. The summed E-state index contributed by atoms with van der Waals surface area (Å²) in [6.45, 7) is 2.47. The lowest BCUT2D eigenvalue weighted by Gasteiger charge is -2.32. The van der Waals surface area contributed by atoms with Gasteiger partial charge in [0.05, 0.1) is 31.2 Å². The van der Waals surface area contributed by atoms with E-state index in [-0.39, 0.29) is 15.8 Å². The van der Waals surface area contributed by atoms with Crippen LogP contribution in [-0.2, 0) is 14.8 Å². The highest BCUT2D eigenvalue weighted by Crippen LogP contribution is 2.24. The van der Waals surface area contributed by atoms with Crippen molar-refractivity contribution >= 4 is 27.5 Å². The largest absolute Gasteiger partial charge is 0.348 e. The highest BCUT2D eigenvalue weighted by Gasteiger charge is 2.32. The van der Waals surface area contributed by atoms with Crippen molar-refractivity contribution in [3.8, 4) is 0 Å². The number of benzene rings is 1. The number of nitrogens with zero attached hydrogens (tertiary/aromatic N) is 1. The van der Waals surface area contributed by atoms with Crippen molar-refractivity contribution in [3.63, 3.8) is 0 Å². The van der Waals surface area contributed by atoms with Crippen LogP contribution in [0, 0.1) is 0 Å². The zero-order valence-corrected chi connectivity index (χ0v) is 16.5. The number of amides is 1. The summed E-state index contributed by atoms with van der Waals surface area (Å²) in [6.07, 6.45) is 5.79. The fourth-order valence-corrected chi connectivity index (χ4v) is 5.70. The molecule has 1 aromatic carbocycles. The third-order valence-electron chi connectivity index (χ3n) is 5.26. The molecule has 1 aliphatic heterocycles. The summed E-state index contributed by atoms with van der Waals surface area (Å²) in [4.78, 5) is 13.5. The van der Waals surface area contributed by atoms with Gasteiger partial charge in [0.15, 0.2) is 6.54 Å². The summed E-state index contributed by atoms with van der Waals surface area (Å²) >= 11 is 6.05. The lowest BCUT2D eigenvalue weighted by Crippen LogP contribution is -3.15. The fraction of sp³-hybridized carbons (Fsp3) is 0.611. The summed E-state index contributed by atoms with van der Waals surface area (Å²) in [7, 11) is -3.58. The molecule has 1 amide bonds. The van der Waals surface area contributed by atoms with Crippen molar-refractivity contribution < 1.29 is 18.1 Å². The van der Waals surface area contributed by atoms with Crippen LogP contribution in [0.5, 0.6) is 0 Å². The molecule has 2 aliphatic rings. The molecule has 2 fully saturated rings. The molecule has 8 heteroatoms. The zero-order valence-electron chi connectivity index (χ0n) is 14.9. The minimum Gasteiger partial charge on any atom is -0.348 e. The molecule has 0 bridgehead atoms. The number of carbonyl (C=O) groups is 1. The number of sulfonamides is 1. The average Bonchev–Trinajstić information content (AvgIpc) is 2.63. The van der Waals surface area contributed by atoms with Crippen molar-refractivity contribution in [1.82, 2.24) is 9.62 Å². The Kier molecular flexibility index (Phi) is 6.55. The number of rotatable bonds is 5. The number of carbonyl (C=O) groups excluding carboxylic acids is 1. The van der Waals surface area contributed by atoms with Gasteiger partial charge in [-0.2, -0.15) is 4.31 Å². The molecule has 0 atom stereocenters. The average molecular weight is 401 g/mol. The molecule has 0 aromatic heterocycles. The SMILES string of the molecule is O=C(C[NH+]1CCN(S(=O)(=O)c2ccccc2Cl)CC1)NC1CCCCC1. The smallest absolute Gasteiger partial charge is 0.275 e. The van der Waals surface area contributed by atoms with Gasteiger partial charge in [0.25, 0.3) is 5.91 Å². The van der Waals surface area contributed by atoms with Crippen LogP contribution in [-0.4, -0.2) is 57.4 Å². The summed E-state index contributed by atoms with van der Waals surface area (Å²) < 4.78 is 27.0. The maximum atomic E-state index is 12.8. The van der Waals surface area contributed by atoms with Gasteiger partial charge in [0.2, 0.25) is 10.0 Å². The monoisotopic (exact) mass is 400 g/mol. The van der Waals surface area contributed by atoms with E-state index in [1.54, 1.807) is 18.2 Å². The van der Waals surface area contributed by atoms with Gasteiger partial charge in [-0.15, -0.1) is 0 Å². The van der Waals surface area contributed by atoms with Gasteiger partial charge in [-0.1, -0.05) is 43.0 Å². The van der Waals surface area contributed by atoms with E-state index in [4.69, 9.17) is 11.6 Å². The van der Waals surface area contributed by atoms with E-state index in [0.717, 1.165) is 17.7 Å². The first kappa shape index (κ1) is 19.6. The van der Waals surface area contributed by atoms with Gasteiger partial charge >= 0.3 is 0 Å². The predicted octanol–water partition coefficient (Wildman–Crippen LogP) is 0.678. The number of hydrogen-bond donors (Lipinski definition) is 2. The van der Waals surface area contributed by atoms with E-state index in [1.807, 2.05) is 0 Å². The van der Waals surface area contributed by atoms with Crippen LogP contribution in [0.2, 0.25) is 5.02 Å². The molecule has 144 valence electrons. The van der Waals surface area contributed by atoms with E-state index in [0.29, 0.717) is 38.8 Å². The van der Waals surface area contributed by atoms with Gasteiger partial charge < -0.3 is 10.2 Å². The molecule has 26 heavy (non-hydrogen) atoms. The Hall–Kier alpha value is -1.15. The van der Waals surface area contributed by atoms with E-state index in [9.17, 15) is 13.2 Å². The lowest BCUT2D eigenvalue weighted by atomic mass is 9.95. The first-order valence-corrected chi connectivity index (χ1v) is 11.2. The summed E-state index contributed by atoms with van der Waals surface area (Å²) in [5.41, 5.74) is 0. The van der Waals surface area contributed by atoms with Crippen molar-refractivity contribution in [1.29, 1.82) is 0 Å². The normalized spacial score (nSPS) is 20.8. The zero-order chi connectivity index (χ0) is 18.6. The number of nitrogens with one attached hydrogen (secondary N) is 2. The Bertz CT molecular complexity index is 727. The molecule has 1 saturated carbocycles. The van der Waals surface area contributed by atoms with Gasteiger partial charge in [-0.25, -0.2) is 8.42 Å². The molecule has 1 aliphatic carbocycles. The lowest BCUT2D eigenvalue weighted by molar-refractivity contribution is -0.895. The molecular formula is C18H27ClN3O3S+. The Morgan fingerprint density at radius 3 is 2.46 bits per heavy atom. The third kappa shape index (κ3) is 4.76.